The van der Waals surface area contributed by atoms with Crippen LogP contribution < -0.4 is 0 Å². The zero-order chi connectivity index (χ0) is 17.2. The molecule has 24 heavy (non-hydrogen) atoms. The van der Waals surface area contributed by atoms with Gasteiger partial charge in [0, 0.05) is 23.5 Å². The number of thiophene rings is 1. The lowest BCUT2D eigenvalue weighted by Crippen LogP contribution is -2.30. The largest absolute Gasteiger partial charge is 0.472 e. The van der Waals surface area contributed by atoms with Gasteiger partial charge in [-0.3, -0.25) is 0 Å². The Morgan fingerprint density at radius 1 is 1.21 bits per heavy atom. The number of furan rings is 1. The quantitative estimate of drug-likeness (QED) is 0.658. The zero-order valence-electron chi connectivity index (χ0n) is 13.0. The van der Waals surface area contributed by atoms with Gasteiger partial charge in [0.15, 0.2) is 0 Å². The molecule has 1 aromatic carbocycles. The van der Waals surface area contributed by atoms with Gasteiger partial charge in [0.05, 0.1) is 17.4 Å². The Kier molecular flexibility index (Phi) is 4.84. The van der Waals surface area contributed by atoms with Crippen LogP contribution in [0, 0.1) is 12.7 Å². The van der Waals surface area contributed by atoms with Crippen LogP contribution in [-0.4, -0.2) is 12.7 Å². The lowest BCUT2D eigenvalue weighted by atomic mass is 10.2. The molecule has 2 aromatic heterocycles. The Labute approximate surface area is 144 Å². The number of rotatable bonds is 6. The molecule has 0 saturated carbocycles. The van der Waals surface area contributed by atoms with Crippen LogP contribution in [0.3, 0.4) is 0 Å². The standard InChI is InChI=1S/C17H16FNO3S2/c1-13-9-16(4-5-17(13)18)24(20,21)19(10-14-6-7-22-12-14)11-15-3-2-8-23-15/h2-9,12H,10-11H2,1H3. The highest BCUT2D eigenvalue weighted by molar-refractivity contribution is 7.89. The lowest BCUT2D eigenvalue weighted by molar-refractivity contribution is 0.402. The van der Waals surface area contributed by atoms with Crippen LogP contribution in [-0.2, 0) is 23.1 Å². The van der Waals surface area contributed by atoms with Crippen LogP contribution >= 0.6 is 11.3 Å². The van der Waals surface area contributed by atoms with Crippen LogP contribution in [0.2, 0.25) is 0 Å². The molecule has 0 saturated heterocycles. The van der Waals surface area contributed by atoms with E-state index in [9.17, 15) is 12.8 Å². The topological polar surface area (TPSA) is 50.5 Å². The molecule has 0 aliphatic heterocycles. The Hall–Kier alpha value is -1.96. The van der Waals surface area contributed by atoms with E-state index in [4.69, 9.17) is 4.42 Å². The summed E-state index contributed by atoms with van der Waals surface area (Å²) in [6, 6.07) is 9.34. The van der Waals surface area contributed by atoms with Crippen molar-refractivity contribution in [3.8, 4) is 0 Å². The number of benzene rings is 1. The summed E-state index contributed by atoms with van der Waals surface area (Å²) in [6.45, 7) is 1.99. The first-order chi connectivity index (χ1) is 11.5. The highest BCUT2D eigenvalue weighted by Gasteiger charge is 2.26. The fourth-order valence-corrected chi connectivity index (χ4v) is 4.61. The Morgan fingerprint density at radius 3 is 2.67 bits per heavy atom. The molecule has 0 aliphatic rings. The highest BCUT2D eigenvalue weighted by atomic mass is 32.2. The van der Waals surface area contributed by atoms with Crippen molar-refractivity contribution in [1.29, 1.82) is 0 Å². The summed E-state index contributed by atoms with van der Waals surface area (Å²) in [7, 11) is -3.76. The van der Waals surface area contributed by atoms with E-state index in [-0.39, 0.29) is 18.0 Å². The first-order valence-corrected chi connectivity index (χ1v) is 9.58. The average Bonchev–Trinajstić information content (AvgIpc) is 3.23. The predicted molar refractivity (Wildman–Crippen MR) is 90.6 cm³/mol. The van der Waals surface area contributed by atoms with E-state index in [0.29, 0.717) is 5.56 Å². The van der Waals surface area contributed by atoms with Gasteiger partial charge in [-0.05, 0) is 48.2 Å². The Bertz CT molecular complexity index is 867. The fraction of sp³-hybridized carbons (Fsp3) is 0.176. The molecule has 3 rings (SSSR count). The molecule has 0 aliphatic carbocycles. The van der Waals surface area contributed by atoms with Crippen molar-refractivity contribution < 1.29 is 17.2 Å². The minimum Gasteiger partial charge on any atom is -0.472 e. The number of sulfonamides is 1. The fourth-order valence-electron chi connectivity index (χ4n) is 2.32. The summed E-state index contributed by atoms with van der Waals surface area (Å²) in [6.07, 6.45) is 3.03. The first-order valence-electron chi connectivity index (χ1n) is 7.26. The molecule has 0 bridgehead atoms. The summed E-state index contributed by atoms with van der Waals surface area (Å²) >= 11 is 1.49. The molecule has 0 atom stereocenters. The summed E-state index contributed by atoms with van der Waals surface area (Å²) < 4.78 is 45.9. The Morgan fingerprint density at radius 2 is 2.04 bits per heavy atom. The van der Waals surface area contributed by atoms with Crippen molar-refractivity contribution >= 4 is 21.4 Å². The second-order valence-electron chi connectivity index (χ2n) is 5.40. The molecule has 0 unspecified atom stereocenters. The number of hydrogen-bond acceptors (Lipinski definition) is 4. The normalized spacial score (nSPS) is 12.0. The monoisotopic (exact) mass is 365 g/mol. The van der Waals surface area contributed by atoms with Gasteiger partial charge in [-0.2, -0.15) is 4.31 Å². The molecule has 2 heterocycles. The van der Waals surface area contributed by atoms with Crippen molar-refractivity contribution in [1.82, 2.24) is 4.31 Å². The van der Waals surface area contributed by atoms with Crippen LogP contribution in [0.5, 0.6) is 0 Å². The van der Waals surface area contributed by atoms with Crippen molar-refractivity contribution in [2.45, 2.75) is 24.9 Å². The summed E-state index contributed by atoms with van der Waals surface area (Å²) in [5.74, 6) is -0.423. The van der Waals surface area contributed by atoms with Crippen LogP contribution in [0.25, 0.3) is 0 Å². The van der Waals surface area contributed by atoms with Crippen LogP contribution in [0.15, 0.2) is 63.6 Å². The summed E-state index contributed by atoms with van der Waals surface area (Å²) in [5, 5.41) is 1.90. The third kappa shape index (κ3) is 3.58. The number of aryl methyl sites for hydroxylation is 1. The van der Waals surface area contributed by atoms with Crippen molar-refractivity contribution in [3.63, 3.8) is 0 Å². The first kappa shape index (κ1) is 16.9. The van der Waals surface area contributed by atoms with E-state index in [1.807, 2.05) is 17.5 Å². The minimum absolute atomic E-state index is 0.0847. The zero-order valence-corrected chi connectivity index (χ0v) is 14.6. The molecule has 0 fully saturated rings. The maximum Gasteiger partial charge on any atom is 0.243 e. The number of hydrogen-bond donors (Lipinski definition) is 0. The van der Waals surface area contributed by atoms with Gasteiger partial charge in [0.25, 0.3) is 0 Å². The van der Waals surface area contributed by atoms with Crippen molar-refractivity contribution in [2.75, 3.05) is 0 Å². The summed E-state index contributed by atoms with van der Waals surface area (Å²) in [5.41, 5.74) is 1.06. The van der Waals surface area contributed by atoms with E-state index >= 15 is 0 Å². The highest BCUT2D eigenvalue weighted by Crippen LogP contribution is 2.24. The van der Waals surface area contributed by atoms with E-state index in [2.05, 4.69) is 0 Å². The SMILES string of the molecule is Cc1cc(S(=O)(=O)N(Cc2ccoc2)Cc2cccs2)ccc1F. The van der Waals surface area contributed by atoms with E-state index in [1.54, 1.807) is 13.0 Å². The number of halogens is 1. The number of nitrogens with zero attached hydrogens (tertiary/aromatic N) is 1. The molecular formula is C17H16FNO3S2. The van der Waals surface area contributed by atoms with Gasteiger partial charge in [0.1, 0.15) is 5.82 Å². The average molecular weight is 365 g/mol. The third-order valence-corrected chi connectivity index (χ3v) is 6.27. The van der Waals surface area contributed by atoms with Gasteiger partial charge in [-0.15, -0.1) is 11.3 Å². The summed E-state index contributed by atoms with van der Waals surface area (Å²) in [4.78, 5) is 1.02. The van der Waals surface area contributed by atoms with Gasteiger partial charge < -0.3 is 4.42 Å². The second-order valence-corrected chi connectivity index (χ2v) is 8.37. The maximum absolute atomic E-state index is 13.5. The van der Waals surface area contributed by atoms with Gasteiger partial charge in [0.2, 0.25) is 10.0 Å². The van der Waals surface area contributed by atoms with Gasteiger partial charge >= 0.3 is 0 Å². The van der Waals surface area contributed by atoms with E-state index in [1.165, 1.54) is 46.4 Å². The molecule has 3 aromatic rings. The molecule has 4 nitrogen and oxygen atoms in total. The molecule has 0 radical (unpaired) electrons. The molecule has 0 amide bonds. The van der Waals surface area contributed by atoms with Crippen molar-refractivity contribution in [2.24, 2.45) is 0 Å². The minimum atomic E-state index is -3.76. The smallest absolute Gasteiger partial charge is 0.243 e. The molecule has 7 heteroatoms. The molecular weight excluding hydrogens is 349 g/mol. The van der Waals surface area contributed by atoms with Crippen molar-refractivity contribution in [3.05, 3.63) is 76.1 Å². The predicted octanol–water partition coefficient (Wildman–Crippen LogP) is 4.18. The third-order valence-electron chi connectivity index (χ3n) is 3.62. The maximum atomic E-state index is 13.5. The van der Waals surface area contributed by atoms with Crippen LogP contribution in [0.4, 0.5) is 4.39 Å². The molecule has 126 valence electrons. The van der Waals surface area contributed by atoms with Crippen LogP contribution in [0.1, 0.15) is 16.0 Å². The Balaban J connectivity index is 1.97. The van der Waals surface area contributed by atoms with Gasteiger partial charge in [-0.25, -0.2) is 12.8 Å². The van der Waals surface area contributed by atoms with Gasteiger partial charge in [-0.1, -0.05) is 6.07 Å². The second kappa shape index (κ2) is 6.88. The van der Waals surface area contributed by atoms with E-state index < -0.39 is 15.8 Å². The lowest BCUT2D eigenvalue weighted by Gasteiger charge is -2.21. The molecule has 0 N–H and O–H groups in total. The molecule has 0 spiro atoms. The van der Waals surface area contributed by atoms with E-state index in [0.717, 1.165) is 10.4 Å².